The van der Waals surface area contributed by atoms with Crippen LogP contribution < -0.4 is 5.32 Å². The third kappa shape index (κ3) is 4.99. The van der Waals surface area contributed by atoms with Gasteiger partial charge in [0.15, 0.2) is 0 Å². The van der Waals surface area contributed by atoms with E-state index in [-0.39, 0.29) is 0 Å². The van der Waals surface area contributed by atoms with Crippen LogP contribution in [0.25, 0.3) is 0 Å². The molecule has 0 saturated carbocycles. The molecule has 1 aromatic carbocycles. The molecule has 0 spiro atoms. The van der Waals surface area contributed by atoms with Crippen molar-refractivity contribution in [1.82, 2.24) is 5.32 Å². The first-order chi connectivity index (χ1) is 8.42. The highest BCUT2D eigenvalue weighted by Crippen LogP contribution is 2.11. The Bertz CT molecular complexity index is 395. The molecule has 4 nitrogen and oxygen atoms in total. The number of amides is 1. The zero-order valence-electron chi connectivity index (χ0n) is 10.9. The molecule has 1 N–H and O–H groups in total. The van der Waals surface area contributed by atoms with E-state index in [1.807, 2.05) is 30.3 Å². The van der Waals surface area contributed by atoms with Crippen molar-refractivity contribution < 1.29 is 14.3 Å². The van der Waals surface area contributed by atoms with Gasteiger partial charge < -0.3 is 10.1 Å². The van der Waals surface area contributed by atoms with E-state index in [4.69, 9.17) is 4.74 Å². The monoisotopic (exact) mass is 248 g/mol. The maximum Gasteiger partial charge on any atom is 0.329 e. The highest BCUT2D eigenvalue weighted by atomic mass is 16.6. The normalized spacial score (nSPS) is 12.6. The van der Waals surface area contributed by atoms with Gasteiger partial charge in [0.1, 0.15) is 11.6 Å². The molecule has 1 radical (unpaired) electrons. The summed E-state index contributed by atoms with van der Waals surface area (Å²) in [6, 6.07) is 8.74. The first-order valence-electron chi connectivity index (χ1n) is 5.82. The van der Waals surface area contributed by atoms with Crippen LogP contribution in [0.3, 0.4) is 0 Å². The minimum absolute atomic E-state index is 0.394. The second-order valence-electron chi connectivity index (χ2n) is 5.02. The van der Waals surface area contributed by atoms with Gasteiger partial charge in [-0.3, -0.25) is 4.79 Å². The number of carbonyl (C=O) groups excluding carboxylic acids is 2. The molecule has 97 valence electrons. The lowest BCUT2D eigenvalue weighted by Gasteiger charge is -2.23. The van der Waals surface area contributed by atoms with Crippen molar-refractivity contribution in [2.75, 3.05) is 0 Å². The van der Waals surface area contributed by atoms with Gasteiger partial charge in [0, 0.05) is 6.42 Å². The number of ether oxygens (including phenoxy) is 1. The van der Waals surface area contributed by atoms with Crippen LogP contribution in [-0.4, -0.2) is 24.0 Å². The lowest BCUT2D eigenvalue weighted by Crippen LogP contribution is -2.42. The topological polar surface area (TPSA) is 55.4 Å². The molecule has 1 aromatic rings. The van der Waals surface area contributed by atoms with Crippen LogP contribution in [0.5, 0.6) is 0 Å². The van der Waals surface area contributed by atoms with Crippen molar-refractivity contribution >= 4 is 12.4 Å². The van der Waals surface area contributed by atoms with E-state index in [0.29, 0.717) is 6.42 Å². The fourth-order valence-electron chi connectivity index (χ4n) is 1.49. The van der Waals surface area contributed by atoms with E-state index in [1.165, 1.54) is 0 Å². The number of hydrogen-bond donors (Lipinski definition) is 1. The average Bonchev–Trinajstić information content (AvgIpc) is 2.27. The quantitative estimate of drug-likeness (QED) is 0.636. The van der Waals surface area contributed by atoms with Crippen molar-refractivity contribution in [2.24, 2.45) is 0 Å². The van der Waals surface area contributed by atoms with Crippen molar-refractivity contribution in [3.8, 4) is 0 Å². The minimum atomic E-state index is -0.705. The Morgan fingerprint density at radius 2 is 1.94 bits per heavy atom. The molecule has 1 rings (SSSR count). The number of carbonyl (C=O) groups is 1. The molecule has 1 amide bonds. The van der Waals surface area contributed by atoms with Gasteiger partial charge in [-0.2, -0.15) is 0 Å². The predicted molar refractivity (Wildman–Crippen MR) is 68.6 cm³/mol. The van der Waals surface area contributed by atoms with E-state index in [9.17, 15) is 9.59 Å². The Balaban J connectivity index is 2.71. The molecule has 0 heterocycles. The summed E-state index contributed by atoms with van der Waals surface area (Å²) in [5, 5.41) is 2.37. The summed E-state index contributed by atoms with van der Waals surface area (Å²) in [4.78, 5) is 22.3. The molecule has 18 heavy (non-hydrogen) atoms. The Labute approximate surface area is 107 Å². The number of esters is 1. The van der Waals surface area contributed by atoms with Gasteiger partial charge in [0.05, 0.1) is 0 Å². The Hall–Kier alpha value is -1.84. The van der Waals surface area contributed by atoms with E-state index >= 15 is 0 Å². The summed E-state index contributed by atoms with van der Waals surface area (Å²) in [7, 11) is 0. The molecule has 0 fully saturated rings. The summed E-state index contributed by atoms with van der Waals surface area (Å²) in [6.45, 7) is 5.36. The van der Waals surface area contributed by atoms with Crippen molar-refractivity contribution in [1.29, 1.82) is 0 Å². The molecular formula is C14H18NO3. The predicted octanol–water partition coefficient (Wildman–Crippen LogP) is 1.60. The van der Waals surface area contributed by atoms with Gasteiger partial charge in [-0.1, -0.05) is 30.3 Å². The SMILES string of the molecule is CC(C)(C)OC(=O)C(Cc1ccccc1)N[C]=O. The number of benzene rings is 1. The zero-order chi connectivity index (χ0) is 13.6. The van der Waals surface area contributed by atoms with Crippen molar-refractivity contribution in [3.63, 3.8) is 0 Å². The van der Waals surface area contributed by atoms with E-state index in [1.54, 1.807) is 27.2 Å². The number of rotatable bonds is 5. The van der Waals surface area contributed by atoms with E-state index in [0.717, 1.165) is 5.56 Å². The zero-order valence-corrected chi connectivity index (χ0v) is 10.9. The number of nitrogens with one attached hydrogen (secondary N) is 1. The van der Waals surface area contributed by atoms with Gasteiger partial charge >= 0.3 is 12.4 Å². The van der Waals surface area contributed by atoms with Crippen LogP contribution in [0, 0.1) is 0 Å². The summed E-state index contributed by atoms with van der Waals surface area (Å²) < 4.78 is 5.24. The smallest absolute Gasteiger partial charge is 0.329 e. The van der Waals surface area contributed by atoms with Crippen LogP contribution in [0.2, 0.25) is 0 Å². The third-order valence-corrected chi connectivity index (χ3v) is 2.21. The van der Waals surface area contributed by atoms with E-state index in [2.05, 4.69) is 5.32 Å². The molecule has 0 aliphatic rings. The van der Waals surface area contributed by atoms with Gasteiger partial charge in [0.2, 0.25) is 0 Å². The van der Waals surface area contributed by atoms with Crippen molar-refractivity contribution in [2.45, 2.75) is 38.8 Å². The largest absolute Gasteiger partial charge is 0.458 e. The highest BCUT2D eigenvalue weighted by Gasteiger charge is 2.25. The van der Waals surface area contributed by atoms with Crippen LogP contribution in [0.4, 0.5) is 0 Å². The second-order valence-corrected chi connectivity index (χ2v) is 5.02. The molecule has 1 atom stereocenters. The fourth-order valence-corrected chi connectivity index (χ4v) is 1.49. The van der Waals surface area contributed by atoms with Crippen LogP contribution in [0.15, 0.2) is 30.3 Å². The lowest BCUT2D eigenvalue weighted by molar-refractivity contribution is -0.157. The average molecular weight is 248 g/mol. The first-order valence-corrected chi connectivity index (χ1v) is 5.82. The van der Waals surface area contributed by atoms with Gasteiger partial charge in [-0.25, -0.2) is 4.79 Å². The van der Waals surface area contributed by atoms with Gasteiger partial charge in [-0.05, 0) is 26.3 Å². The molecule has 0 aliphatic heterocycles. The summed E-state index contributed by atoms with van der Waals surface area (Å²) in [6.07, 6.45) is 1.95. The molecule has 1 unspecified atom stereocenters. The molecule has 0 bridgehead atoms. The van der Waals surface area contributed by atoms with Crippen LogP contribution in [-0.2, 0) is 20.7 Å². The molecule has 0 aliphatic carbocycles. The number of hydrogen-bond acceptors (Lipinski definition) is 3. The summed E-state index contributed by atoms with van der Waals surface area (Å²) in [5.41, 5.74) is 0.382. The summed E-state index contributed by atoms with van der Waals surface area (Å²) in [5.74, 6) is -0.449. The first kappa shape index (κ1) is 14.2. The maximum atomic E-state index is 11.9. The molecular weight excluding hydrogens is 230 g/mol. The van der Waals surface area contributed by atoms with Crippen molar-refractivity contribution in [3.05, 3.63) is 35.9 Å². The molecule has 0 aromatic heterocycles. The van der Waals surface area contributed by atoms with E-state index < -0.39 is 17.6 Å². The van der Waals surface area contributed by atoms with Gasteiger partial charge in [-0.15, -0.1) is 0 Å². The Kier molecular flexibility index (Phi) is 4.89. The third-order valence-electron chi connectivity index (χ3n) is 2.21. The maximum absolute atomic E-state index is 11.9. The lowest BCUT2D eigenvalue weighted by atomic mass is 10.1. The highest BCUT2D eigenvalue weighted by molar-refractivity contribution is 5.79. The Morgan fingerprint density at radius 1 is 1.33 bits per heavy atom. The van der Waals surface area contributed by atoms with Gasteiger partial charge in [0.25, 0.3) is 0 Å². The fraction of sp³-hybridized carbons (Fsp3) is 0.429. The summed E-state index contributed by atoms with van der Waals surface area (Å²) >= 11 is 0. The standard InChI is InChI=1S/C14H18NO3/c1-14(2,3)18-13(17)12(15-10-16)9-11-7-5-4-6-8-11/h4-8,12H,9H2,1-3H3,(H,15,16). The molecule has 0 saturated heterocycles. The molecule has 4 heteroatoms. The second kappa shape index (κ2) is 6.19. The Morgan fingerprint density at radius 3 is 2.44 bits per heavy atom. The van der Waals surface area contributed by atoms with Crippen LogP contribution >= 0.6 is 0 Å². The minimum Gasteiger partial charge on any atom is -0.458 e. The van der Waals surface area contributed by atoms with Crippen LogP contribution in [0.1, 0.15) is 26.3 Å².